The fourth-order valence-corrected chi connectivity index (χ4v) is 1.94. The quantitative estimate of drug-likeness (QED) is 0.532. The molecule has 0 bridgehead atoms. The first-order valence-electron chi connectivity index (χ1n) is 6.44. The van der Waals surface area contributed by atoms with E-state index in [1.54, 1.807) is 31.2 Å². The van der Waals surface area contributed by atoms with Gasteiger partial charge in [-0.05, 0) is 18.6 Å². The van der Waals surface area contributed by atoms with Gasteiger partial charge in [-0.15, -0.1) is 0 Å². The van der Waals surface area contributed by atoms with Gasteiger partial charge in [-0.25, -0.2) is 4.79 Å². The minimum absolute atomic E-state index is 0.193. The number of aryl methyl sites for hydroxylation is 1. The van der Waals surface area contributed by atoms with Gasteiger partial charge in [-0.1, -0.05) is 18.2 Å². The summed E-state index contributed by atoms with van der Waals surface area (Å²) in [5.74, 6) is -3.10. The minimum Gasteiger partial charge on any atom is -0.460 e. The summed E-state index contributed by atoms with van der Waals surface area (Å²) >= 11 is 0. The van der Waals surface area contributed by atoms with Crippen LogP contribution in [0.25, 0.3) is 11.0 Å². The molecule has 0 aliphatic carbocycles. The molecule has 5 nitrogen and oxygen atoms in total. The lowest BCUT2D eigenvalue weighted by Crippen LogP contribution is -2.24. The van der Waals surface area contributed by atoms with Gasteiger partial charge in [0.05, 0.1) is 5.57 Å². The Morgan fingerprint density at radius 2 is 1.96 bits per heavy atom. The van der Waals surface area contributed by atoms with Crippen molar-refractivity contribution in [2.45, 2.75) is 19.5 Å². The lowest BCUT2D eigenvalue weighted by molar-refractivity contribution is -0.193. The summed E-state index contributed by atoms with van der Waals surface area (Å²) in [4.78, 5) is 22.0. The van der Waals surface area contributed by atoms with Gasteiger partial charge in [-0.3, -0.25) is 4.79 Å². The van der Waals surface area contributed by atoms with Crippen molar-refractivity contribution in [1.82, 2.24) is 0 Å². The van der Waals surface area contributed by atoms with Crippen LogP contribution in [0, 0.1) is 6.92 Å². The molecule has 0 spiro atoms. The highest BCUT2D eigenvalue weighted by Gasteiger charge is 2.40. The third kappa shape index (κ3) is 3.71. The molecule has 0 saturated carbocycles. The number of esters is 1. The van der Waals surface area contributed by atoms with Crippen molar-refractivity contribution in [1.29, 1.82) is 0 Å². The largest absolute Gasteiger partial charge is 0.491 e. The van der Waals surface area contributed by atoms with Crippen LogP contribution >= 0.6 is 0 Å². The lowest BCUT2D eigenvalue weighted by atomic mass is 10.1. The molecule has 0 unspecified atom stereocenters. The number of para-hydroxylation sites is 1. The molecule has 1 amide bonds. The average Bonchev–Trinajstić information content (AvgIpc) is 2.78. The van der Waals surface area contributed by atoms with Crippen LogP contribution in [0.4, 0.5) is 13.2 Å². The number of hydrogen-bond donors (Lipinski definition) is 1. The van der Waals surface area contributed by atoms with Crippen molar-refractivity contribution in [3.8, 4) is 0 Å². The predicted molar refractivity (Wildman–Crippen MR) is 74.1 cm³/mol. The third-order valence-electron chi connectivity index (χ3n) is 3.15. The Hall–Kier alpha value is -2.77. The number of amides is 1. The third-order valence-corrected chi connectivity index (χ3v) is 3.15. The number of furan rings is 1. The van der Waals surface area contributed by atoms with Gasteiger partial charge < -0.3 is 14.9 Å². The second-order valence-electron chi connectivity index (χ2n) is 4.73. The topological polar surface area (TPSA) is 82.5 Å². The number of ether oxygens (including phenoxy) is 1. The van der Waals surface area contributed by atoms with Crippen molar-refractivity contribution in [2.75, 3.05) is 0 Å². The number of primary amides is 1. The maximum atomic E-state index is 12.1. The van der Waals surface area contributed by atoms with Crippen LogP contribution in [-0.4, -0.2) is 18.1 Å². The first kappa shape index (κ1) is 16.6. The van der Waals surface area contributed by atoms with Crippen LogP contribution in [0.1, 0.15) is 11.3 Å². The van der Waals surface area contributed by atoms with Crippen LogP contribution in [0.2, 0.25) is 0 Å². The van der Waals surface area contributed by atoms with Crippen molar-refractivity contribution >= 4 is 22.8 Å². The normalized spacial score (nSPS) is 12.4. The molecule has 0 atom stereocenters. The Morgan fingerprint density at radius 3 is 2.52 bits per heavy atom. The Labute approximate surface area is 128 Å². The zero-order valence-corrected chi connectivity index (χ0v) is 11.9. The number of nitrogens with two attached hydrogens (primary N) is 1. The number of alkyl halides is 3. The molecule has 1 aromatic carbocycles. The Balaban J connectivity index is 2.27. The van der Waals surface area contributed by atoms with Gasteiger partial charge in [0.25, 0.3) is 0 Å². The van der Waals surface area contributed by atoms with E-state index in [1.165, 1.54) is 0 Å². The van der Waals surface area contributed by atoms with Gasteiger partial charge in [0.1, 0.15) is 17.6 Å². The highest BCUT2D eigenvalue weighted by Crippen LogP contribution is 2.27. The molecule has 8 heteroatoms. The number of hydrogen-bond acceptors (Lipinski definition) is 4. The molecule has 1 heterocycles. The monoisotopic (exact) mass is 327 g/mol. The van der Waals surface area contributed by atoms with E-state index in [1.807, 2.05) is 0 Å². The fourth-order valence-electron chi connectivity index (χ4n) is 1.94. The number of carbonyl (C=O) groups excluding carboxylic acids is 2. The summed E-state index contributed by atoms with van der Waals surface area (Å²) in [5.41, 5.74) is 6.07. The second-order valence-corrected chi connectivity index (χ2v) is 4.73. The van der Waals surface area contributed by atoms with E-state index in [0.29, 0.717) is 17.6 Å². The van der Waals surface area contributed by atoms with Crippen LogP contribution in [0.15, 0.2) is 40.5 Å². The molecule has 0 radical (unpaired) electrons. The molecular formula is C15H12F3NO4. The summed E-state index contributed by atoms with van der Waals surface area (Å²) in [5, 5.41) is 0.804. The number of rotatable bonds is 4. The zero-order chi connectivity index (χ0) is 17.2. The first-order valence-corrected chi connectivity index (χ1v) is 6.44. The SMILES string of the molecule is Cc1c(C/C(=C/OC(=O)C(F)(F)F)C(N)=O)oc2ccccc12. The van der Waals surface area contributed by atoms with Gasteiger partial charge in [-0.2, -0.15) is 13.2 Å². The lowest BCUT2D eigenvalue weighted by Gasteiger charge is -2.05. The van der Waals surface area contributed by atoms with Gasteiger partial charge in [0.15, 0.2) is 0 Å². The smallest absolute Gasteiger partial charge is 0.460 e. The highest BCUT2D eigenvalue weighted by molar-refractivity contribution is 5.93. The van der Waals surface area contributed by atoms with Crippen LogP contribution in [-0.2, 0) is 20.7 Å². The maximum Gasteiger partial charge on any atom is 0.491 e. The number of halogens is 3. The molecule has 2 rings (SSSR count). The molecular weight excluding hydrogens is 315 g/mol. The Morgan fingerprint density at radius 1 is 1.30 bits per heavy atom. The molecule has 2 N–H and O–H groups in total. The van der Waals surface area contributed by atoms with Crippen LogP contribution < -0.4 is 5.73 Å². The zero-order valence-electron chi connectivity index (χ0n) is 11.9. The number of fused-ring (bicyclic) bond motifs is 1. The van der Waals surface area contributed by atoms with E-state index < -0.39 is 18.1 Å². The maximum absolute atomic E-state index is 12.1. The molecule has 0 aliphatic rings. The highest BCUT2D eigenvalue weighted by atomic mass is 19.4. The molecule has 0 saturated heterocycles. The van der Waals surface area contributed by atoms with Gasteiger partial charge in [0, 0.05) is 11.8 Å². The standard InChI is InChI=1S/C15H12F3NO4/c1-8-10-4-2-3-5-11(10)23-12(8)6-9(13(19)20)7-22-14(21)15(16,17)18/h2-5,7H,6H2,1H3,(H2,19,20)/b9-7-. The van der Waals surface area contributed by atoms with E-state index in [4.69, 9.17) is 10.2 Å². The molecule has 23 heavy (non-hydrogen) atoms. The summed E-state index contributed by atoms with van der Waals surface area (Å²) in [6.45, 7) is 1.74. The fraction of sp³-hybridized carbons (Fsp3) is 0.200. The Kier molecular flexibility index (Phi) is 4.44. The average molecular weight is 327 g/mol. The predicted octanol–water partition coefficient (Wildman–Crippen LogP) is 2.76. The summed E-state index contributed by atoms with van der Waals surface area (Å²) in [7, 11) is 0. The van der Waals surface area contributed by atoms with E-state index in [2.05, 4.69) is 4.74 Å². The van der Waals surface area contributed by atoms with E-state index >= 15 is 0 Å². The summed E-state index contributed by atoms with van der Waals surface area (Å²) < 4.78 is 45.8. The molecule has 2 aromatic rings. The van der Waals surface area contributed by atoms with Gasteiger partial charge in [0.2, 0.25) is 5.91 Å². The molecule has 0 aliphatic heterocycles. The van der Waals surface area contributed by atoms with E-state index in [9.17, 15) is 22.8 Å². The van der Waals surface area contributed by atoms with Crippen molar-refractivity contribution in [2.24, 2.45) is 5.73 Å². The van der Waals surface area contributed by atoms with Crippen molar-refractivity contribution in [3.05, 3.63) is 47.4 Å². The van der Waals surface area contributed by atoms with Gasteiger partial charge >= 0.3 is 12.1 Å². The second kappa shape index (κ2) is 6.15. The Bertz CT molecular complexity index is 790. The van der Waals surface area contributed by atoms with Crippen LogP contribution in [0.3, 0.4) is 0 Å². The van der Waals surface area contributed by atoms with E-state index in [0.717, 1.165) is 10.9 Å². The molecule has 0 fully saturated rings. The summed E-state index contributed by atoms with van der Waals surface area (Å²) in [6.07, 6.45) is -4.94. The van der Waals surface area contributed by atoms with Crippen molar-refractivity contribution in [3.63, 3.8) is 0 Å². The minimum atomic E-state index is -5.16. The summed E-state index contributed by atoms with van der Waals surface area (Å²) in [6, 6.07) is 7.06. The number of carbonyl (C=O) groups is 2. The molecule has 122 valence electrons. The van der Waals surface area contributed by atoms with Crippen molar-refractivity contribution < 1.29 is 31.9 Å². The first-order chi connectivity index (χ1) is 10.7. The molecule has 1 aromatic heterocycles. The van der Waals surface area contributed by atoms with E-state index in [-0.39, 0.29) is 12.0 Å². The number of benzene rings is 1. The van der Waals surface area contributed by atoms with Crippen LogP contribution in [0.5, 0.6) is 0 Å².